The van der Waals surface area contributed by atoms with E-state index in [0.29, 0.717) is 12.1 Å². The van der Waals surface area contributed by atoms with Crippen molar-refractivity contribution < 1.29 is 9.18 Å². The number of amides is 1. The quantitative estimate of drug-likeness (QED) is 0.934. The van der Waals surface area contributed by atoms with Crippen LogP contribution in [0.5, 0.6) is 0 Å². The predicted octanol–water partition coefficient (Wildman–Crippen LogP) is 2.87. The molecule has 0 aliphatic heterocycles. The third-order valence-electron chi connectivity index (χ3n) is 3.13. The lowest BCUT2D eigenvalue weighted by molar-refractivity contribution is 0.0992. The van der Waals surface area contributed by atoms with Crippen LogP contribution in [-0.4, -0.2) is 13.0 Å². The fourth-order valence-electron chi connectivity index (χ4n) is 2.06. The summed E-state index contributed by atoms with van der Waals surface area (Å²) in [5.41, 5.74) is 8.33. The Morgan fingerprint density at radius 2 is 2.00 bits per heavy atom. The first-order valence-electron chi connectivity index (χ1n) is 6.35. The lowest BCUT2D eigenvalue weighted by atomic mass is 10.1. The summed E-state index contributed by atoms with van der Waals surface area (Å²) in [5.74, 6) is -0.653. The van der Waals surface area contributed by atoms with E-state index in [4.69, 9.17) is 5.73 Å². The molecule has 0 saturated heterocycles. The van der Waals surface area contributed by atoms with Crippen molar-refractivity contribution in [2.75, 3.05) is 11.9 Å². The number of hydrogen-bond donors (Lipinski definition) is 1. The molecule has 0 spiro atoms. The minimum Gasteiger partial charge on any atom is -0.326 e. The van der Waals surface area contributed by atoms with Crippen molar-refractivity contribution in [1.82, 2.24) is 0 Å². The van der Waals surface area contributed by atoms with E-state index in [1.165, 1.54) is 17.0 Å². The molecule has 0 aromatic heterocycles. The maximum absolute atomic E-state index is 13.4. The second-order valence-electron chi connectivity index (χ2n) is 4.76. The van der Waals surface area contributed by atoms with Gasteiger partial charge < -0.3 is 10.6 Å². The largest absolute Gasteiger partial charge is 0.326 e. The van der Waals surface area contributed by atoms with Crippen LogP contribution in [0, 0.1) is 12.7 Å². The predicted molar refractivity (Wildman–Crippen MR) is 78.2 cm³/mol. The van der Waals surface area contributed by atoms with Crippen molar-refractivity contribution in [3.8, 4) is 0 Å². The lowest BCUT2D eigenvalue weighted by Gasteiger charge is -2.18. The van der Waals surface area contributed by atoms with Crippen molar-refractivity contribution in [3.63, 3.8) is 0 Å². The number of halogens is 1. The van der Waals surface area contributed by atoms with Crippen molar-refractivity contribution in [2.24, 2.45) is 5.73 Å². The highest BCUT2D eigenvalue weighted by Gasteiger charge is 2.14. The summed E-state index contributed by atoms with van der Waals surface area (Å²) in [6.07, 6.45) is 0. The zero-order valence-electron chi connectivity index (χ0n) is 11.6. The van der Waals surface area contributed by atoms with Crippen LogP contribution < -0.4 is 10.6 Å². The molecule has 2 aromatic carbocycles. The average Bonchev–Trinajstić information content (AvgIpc) is 2.44. The van der Waals surface area contributed by atoms with Crippen LogP contribution in [0.3, 0.4) is 0 Å². The van der Waals surface area contributed by atoms with E-state index in [-0.39, 0.29) is 5.91 Å². The number of rotatable bonds is 3. The monoisotopic (exact) mass is 272 g/mol. The van der Waals surface area contributed by atoms with E-state index < -0.39 is 5.82 Å². The van der Waals surface area contributed by atoms with Gasteiger partial charge in [-0.1, -0.05) is 12.1 Å². The zero-order chi connectivity index (χ0) is 14.7. The molecule has 3 nitrogen and oxygen atoms in total. The summed E-state index contributed by atoms with van der Waals surface area (Å²) in [5, 5.41) is 0. The summed E-state index contributed by atoms with van der Waals surface area (Å²) >= 11 is 0. The number of carbonyl (C=O) groups excluding carboxylic acids is 1. The highest BCUT2D eigenvalue weighted by molar-refractivity contribution is 6.05. The summed E-state index contributed by atoms with van der Waals surface area (Å²) < 4.78 is 13.4. The van der Waals surface area contributed by atoms with E-state index in [0.717, 1.165) is 16.8 Å². The minimum atomic E-state index is -0.405. The lowest BCUT2D eigenvalue weighted by Crippen LogP contribution is -2.26. The molecule has 0 radical (unpaired) electrons. The SMILES string of the molecule is Cc1cc(F)cc(C(=O)N(C)c2cccc(CN)c2)c1. The number of hydrogen-bond acceptors (Lipinski definition) is 2. The molecule has 2 rings (SSSR count). The third kappa shape index (κ3) is 3.03. The second kappa shape index (κ2) is 5.84. The number of aryl methyl sites for hydroxylation is 1. The first-order valence-corrected chi connectivity index (χ1v) is 6.35. The topological polar surface area (TPSA) is 46.3 Å². The number of anilines is 1. The minimum absolute atomic E-state index is 0.248. The van der Waals surface area contributed by atoms with E-state index in [2.05, 4.69) is 0 Å². The van der Waals surface area contributed by atoms with Gasteiger partial charge in [-0.25, -0.2) is 4.39 Å². The Balaban J connectivity index is 2.31. The molecule has 2 N–H and O–H groups in total. The standard InChI is InChI=1S/C16H17FN2O/c1-11-6-13(9-14(17)7-11)16(20)19(2)15-5-3-4-12(8-15)10-18/h3-9H,10,18H2,1-2H3. The summed E-state index contributed by atoms with van der Waals surface area (Å²) in [4.78, 5) is 13.9. The second-order valence-corrected chi connectivity index (χ2v) is 4.76. The van der Waals surface area contributed by atoms with Crippen LogP contribution in [0.15, 0.2) is 42.5 Å². The van der Waals surface area contributed by atoms with Gasteiger partial charge in [-0.05, 0) is 48.4 Å². The molecule has 0 heterocycles. The van der Waals surface area contributed by atoms with Crippen LogP contribution in [0.4, 0.5) is 10.1 Å². The van der Waals surface area contributed by atoms with Crippen LogP contribution in [0.2, 0.25) is 0 Å². The highest BCUT2D eigenvalue weighted by Crippen LogP contribution is 2.18. The van der Waals surface area contributed by atoms with Gasteiger partial charge in [-0.3, -0.25) is 4.79 Å². The third-order valence-corrected chi connectivity index (χ3v) is 3.13. The normalized spacial score (nSPS) is 10.4. The fourth-order valence-corrected chi connectivity index (χ4v) is 2.06. The molecule has 2 aromatic rings. The van der Waals surface area contributed by atoms with E-state index in [1.807, 2.05) is 24.3 Å². The van der Waals surface area contributed by atoms with Gasteiger partial charge >= 0.3 is 0 Å². The van der Waals surface area contributed by atoms with Gasteiger partial charge in [0, 0.05) is 24.8 Å². The smallest absolute Gasteiger partial charge is 0.258 e. The first-order chi connectivity index (χ1) is 9.51. The van der Waals surface area contributed by atoms with Gasteiger partial charge in [-0.2, -0.15) is 0 Å². The Morgan fingerprint density at radius 3 is 2.65 bits per heavy atom. The number of nitrogens with zero attached hydrogens (tertiary/aromatic N) is 1. The van der Waals surface area contributed by atoms with Gasteiger partial charge in [-0.15, -0.1) is 0 Å². The maximum Gasteiger partial charge on any atom is 0.258 e. The Hall–Kier alpha value is -2.20. The van der Waals surface area contributed by atoms with Crippen LogP contribution in [0.25, 0.3) is 0 Å². The number of nitrogens with two attached hydrogens (primary N) is 1. The van der Waals surface area contributed by atoms with Crippen molar-refractivity contribution in [1.29, 1.82) is 0 Å². The summed E-state index contributed by atoms with van der Waals surface area (Å²) in [6, 6.07) is 11.7. The molecule has 0 atom stereocenters. The number of carbonyl (C=O) groups is 1. The Kier molecular flexibility index (Phi) is 4.15. The van der Waals surface area contributed by atoms with Crippen molar-refractivity contribution >= 4 is 11.6 Å². The molecule has 0 aliphatic rings. The van der Waals surface area contributed by atoms with Crippen molar-refractivity contribution in [3.05, 3.63) is 65.0 Å². The summed E-state index contributed by atoms with van der Waals surface area (Å²) in [7, 11) is 1.66. The van der Waals surface area contributed by atoms with Gasteiger partial charge in [0.15, 0.2) is 0 Å². The van der Waals surface area contributed by atoms with Crippen LogP contribution in [0.1, 0.15) is 21.5 Å². The molecule has 0 bridgehead atoms. The molecular weight excluding hydrogens is 255 g/mol. The van der Waals surface area contributed by atoms with Crippen molar-refractivity contribution in [2.45, 2.75) is 13.5 Å². The molecule has 0 aliphatic carbocycles. The summed E-state index contributed by atoms with van der Waals surface area (Å²) in [6.45, 7) is 2.17. The van der Waals surface area contributed by atoms with Gasteiger partial charge in [0.2, 0.25) is 0 Å². The Labute approximate surface area is 117 Å². The molecule has 104 valence electrons. The molecule has 0 unspecified atom stereocenters. The highest BCUT2D eigenvalue weighted by atomic mass is 19.1. The van der Waals surface area contributed by atoms with Gasteiger partial charge in [0.1, 0.15) is 5.82 Å². The molecule has 1 amide bonds. The Morgan fingerprint density at radius 1 is 1.25 bits per heavy atom. The molecule has 0 fully saturated rings. The fraction of sp³-hybridized carbons (Fsp3) is 0.188. The first kappa shape index (κ1) is 14.2. The van der Waals surface area contributed by atoms with E-state index in [9.17, 15) is 9.18 Å². The average molecular weight is 272 g/mol. The van der Waals surface area contributed by atoms with E-state index >= 15 is 0 Å². The van der Waals surface area contributed by atoms with Crippen LogP contribution in [-0.2, 0) is 6.54 Å². The van der Waals surface area contributed by atoms with Crippen LogP contribution >= 0.6 is 0 Å². The van der Waals surface area contributed by atoms with E-state index in [1.54, 1.807) is 20.0 Å². The van der Waals surface area contributed by atoms with Gasteiger partial charge in [0.05, 0.1) is 0 Å². The van der Waals surface area contributed by atoms with Gasteiger partial charge in [0.25, 0.3) is 5.91 Å². The number of benzene rings is 2. The molecule has 0 saturated carbocycles. The Bertz CT molecular complexity index is 620. The molecule has 4 heteroatoms. The molecule has 20 heavy (non-hydrogen) atoms. The molecular formula is C16H17FN2O. The maximum atomic E-state index is 13.4. The zero-order valence-corrected chi connectivity index (χ0v) is 11.6.